The third-order valence-electron chi connectivity index (χ3n) is 5.64. The molecule has 2 aliphatic heterocycles. The highest BCUT2D eigenvalue weighted by atomic mass is 16.2. The molecule has 27 heavy (non-hydrogen) atoms. The molecular formula is C22H28N4O. The summed E-state index contributed by atoms with van der Waals surface area (Å²) in [5, 5.41) is 0. The lowest BCUT2D eigenvalue weighted by Crippen LogP contribution is -2.53. The van der Waals surface area contributed by atoms with Gasteiger partial charge in [0.2, 0.25) is 5.91 Å². The van der Waals surface area contributed by atoms with Crippen LogP contribution in [0.3, 0.4) is 0 Å². The van der Waals surface area contributed by atoms with Crippen molar-refractivity contribution >= 4 is 11.6 Å². The van der Waals surface area contributed by atoms with Crippen LogP contribution in [0.15, 0.2) is 48.8 Å². The number of nitrogens with zero attached hydrogens (tertiary/aromatic N) is 4. The summed E-state index contributed by atoms with van der Waals surface area (Å²) >= 11 is 0. The van der Waals surface area contributed by atoms with E-state index < -0.39 is 0 Å². The van der Waals surface area contributed by atoms with Crippen LogP contribution in [0.4, 0.5) is 5.69 Å². The minimum atomic E-state index is -0.231. The van der Waals surface area contributed by atoms with E-state index in [-0.39, 0.29) is 11.4 Å². The summed E-state index contributed by atoms with van der Waals surface area (Å²) in [7, 11) is 0. The van der Waals surface area contributed by atoms with Crippen molar-refractivity contribution in [2.75, 3.05) is 24.5 Å². The van der Waals surface area contributed by atoms with E-state index in [9.17, 15) is 4.79 Å². The Kier molecular flexibility index (Phi) is 4.33. The normalized spacial score (nSPS) is 20.9. The van der Waals surface area contributed by atoms with Crippen molar-refractivity contribution in [1.29, 1.82) is 0 Å². The SMILES string of the molecule is C=C(C)CN1c2cccnc2-n2cccc2C12CCN(C(=O)CC(C)C)C2. The molecule has 2 aromatic heterocycles. The van der Waals surface area contributed by atoms with E-state index in [2.05, 4.69) is 66.2 Å². The first-order valence-corrected chi connectivity index (χ1v) is 9.75. The van der Waals surface area contributed by atoms with Gasteiger partial charge in [-0.2, -0.15) is 0 Å². The van der Waals surface area contributed by atoms with Gasteiger partial charge in [-0.15, -0.1) is 0 Å². The van der Waals surface area contributed by atoms with Crippen LogP contribution in [0.2, 0.25) is 0 Å². The summed E-state index contributed by atoms with van der Waals surface area (Å²) in [5.41, 5.74) is 3.21. The Balaban J connectivity index is 1.79. The Morgan fingerprint density at radius 2 is 2.15 bits per heavy atom. The number of fused-ring (bicyclic) bond motifs is 4. The molecule has 1 fully saturated rings. The largest absolute Gasteiger partial charge is 0.351 e. The smallest absolute Gasteiger partial charge is 0.222 e. The Morgan fingerprint density at radius 1 is 1.33 bits per heavy atom. The molecule has 2 aliphatic rings. The highest BCUT2D eigenvalue weighted by molar-refractivity contribution is 5.77. The maximum atomic E-state index is 12.8. The van der Waals surface area contributed by atoms with Gasteiger partial charge in [0.05, 0.1) is 11.4 Å². The van der Waals surface area contributed by atoms with Crippen molar-refractivity contribution < 1.29 is 4.79 Å². The Labute approximate surface area is 161 Å². The third kappa shape index (κ3) is 2.85. The quantitative estimate of drug-likeness (QED) is 0.776. The van der Waals surface area contributed by atoms with Gasteiger partial charge in [-0.1, -0.05) is 26.0 Å². The van der Waals surface area contributed by atoms with Crippen LogP contribution in [-0.4, -0.2) is 40.0 Å². The summed E-state index contributed by atoms with van der Waals surface area (Å²) < 4.78 is 2.20. The summed E-state index contributed by atoms with van der Waals surface area (Å²) in [6, 6.07) is 8.38. The molecule has 0 aromatic carbocycles. The van der Waals surface area contributed by atoms with E-state index in [0.717, 1.165) is 36.6 Å². The summed E-state index contributed by atoms with van der Waals surface area (Å²) in [5.74, 6) is 1.59. The molecule has 2 aromatic rings. The third-order valence-corrected chi connectivity index (χ3v) is 5.64. The number of hydrogen-bond acceptors (Lipinski definition) is 3. The molecule has 0 N–H and O–H groups in total. The topological polar surface area (TPSA) is 41.4 Å². The fraction of sp³-hybridized carbons (Fsp3) is 0.455. The lowest BCUT2D eigenvalue weighted by atomic mass is 9.88. The van der Waals surface area contributed by atoms with Gasteiger partial charge < -0.3 is 14.4 Å². The van der Waals surface area contributed by atoms with Gasteiger partial charge in [0, 0.05) is 38.4 Å². The molecule has 1 saturated heterocycles. The van der Waals surface area contributed by atoms with Gasteiger partial charge in [-0.05, 0) is 43.5 Å². The molecule has 1 amide bonds. The van der Waals surface area contributed by atoms with Crippen molar-refractivity contribution in [2.45, 2.75) is 39.2 Å². The molecule has 1 unspecified atom stereocenters. The van der Waals surface area contributed by atoms with Gasteiger partial charge >= 0.3 is 0 Å². The molecule has 4 heterocycles. The zero-order chi connectivity index (χ0) is 19.2. The van der Waals surface area contributed by atoms with Gasteiger partial charge in [-0.3, -0.25) is 4.79 Å². The molecule has 1 atom stereocenters. The van der Waals surface area contributed by atoms with Crippen LogP contribution < -0.4 is 4.90 Å². The van der Waals surface area contributed by atoms with Crippen molar-refractivity contribution in [1.82, 2.24) is 14.5 Å². The summed E-state index contributed by atoms with van der Waals surface area (Å²) in [6.07, 6.45) is 5.45. The summed E-state index contributed by atoms with van der Waals surface area (Å²) in [4.78, 5) is 21.9. The number of rotatable bonds is 4. The second kappa shape index (κ2) is 6.55. The maximum absolute atomic E-state index is 12.8. The average Bonchev–Trinajstić information content (AvgIpc) is 3.26. The highest BCUT2D eigenvalue weighted by Gasteiger charge is 2.50. The van der Waals surface area contributed by atoms with E-state index in [1.807, 2.05) is 17.2 Å². The number of aromatic nitrogens is 2. The number of amides is 1. The number of carbonyl (C=O) groups excluding carboxylic acids is 1. The molecule has 0 aliphatic carbocycles. The molecule has 0 saturated carbocycles. The zero-order valence-electron chi connectivity index (χ0n) is 16.5. The molecule has 4 rings (SSSR count). The lowest BCUT2D eigenvalue weighted by molar-refractivity contribution is -0.131. The van der Waals surface area contributed by atoms with Crippen LogP contribution in [-0.2, 0) is 10.3 Å². The van der Waals surface area contributed by atoms with Gasteiger partial charge in [0.15, 0.2) is 5.82 Å². The number of carbonyl (C=O) groups is 1. The molecule has 1 spiro atoms. The van der Waals surface area contributed by atoms with Crippen LogP contribution >= 0.6 is 0 Å². The average molecular weight is 364 g/mol. The molecular weight excluding hydrogens is 336 g/mol. The lowest BCUT2D eigenvalue weighted by Gasteiger charge is -2.47. The van der Waals surface area contributed by atoms with Crippen molar-refractivity contribution in [3.05, 3.63) is 54.5 Å². The van der Waals surface area contributed by atoms with Crippen molar-refractivity contribution in [3.63, 3.8) is 0 Å². The standard InChI is InChI=1S/C22H28N4O/c1-16(2)13-20(27)24-12-9-22(15-24)19-8-6-11-25(19)21-18(7-5-10-23-21)26(22)14-17(3)4/h5-8,10-11,16H,3,9,12-15H2,1-2,4H3. The zero-order valence-corrected chi connectivity index (χ0v) is 16.5. The first kappa shape index (κ1) is 17.8. The number of likely N-dealkylation sites (tertiary alicyclic amines) is 1. The van der Waals surface area contributed by atoms with Crippen LogP contribution in [0, 0.1) is 5.92 Å². The minimum Gasteiger partial charge on any atom is -0.351 e. The van der Waals surface area contributed by atoms with Gasteiger partial charge in [-0.25, -0.2) is 4.98 Å². The molecule has 5 heteroatoms. The highest BCUT2D eigenvalue weighted by Crippen LogP contribution is 2.47. The van der Waals surface area contributed by atoms with E-state index in [1.165, 1.54) is 5.69 Å². The van der Waals surface area contributed by atoms with Crippen LogP contribution in [0.25, 0.3) is 5.82 Å². The van der Waals surface area contributed by atoms with Gasteiger partial charge in [0.25, 0.3) is 0 Å². The van der Waals surface area contributed by atoms with Crippen molar-refractivity contribution in [3.8, 4) is 5.82 Å². The fourth-order valence-electron chi connectivity index (χ4n) is 4.52. The predicted molar refractivity (Wildman–Crippen MR) is 108 cm³/mol. The first-order valence-electron chi connectivity index (χ1n) is 9.75. The fourth-order valence-corrected chi connectivity index (χ4v) is 4.52. The number of pyridine rings is 1. The minimum absolute atomic E-state index is 0.231. The Hall–Kier alpha value is -2.56. The van der Waals surface area contributed by atoms with E-state index in [0.29, 0.717) is 18.9 Å². The maximum Gasteiger partial charge on any atom is 0.222 e. The Morgan fingerprint density at radius 3 is 2.89 bits per heavy atom. The number of anilines is 1. The van der Waals surface area contributed by atoms with E-state index in [1.54, 1.807) is 0 Å². The van der Waals surface area contributed by atoms with Gasteiger partial charge in [0.1, 0.15) is 5.54 Å². The first-order chi connectivity index (χ1) is 12.9. The molecule has 5 nitrogen and oxygen atoms in total. The second-order valence-corrected chi connectivity index (χ2v) is 8.35. The monoisotopic (exact) mass is 364 g/mol. The molecule has 0 radical (unpaired) electrons. The number of hydrogen-bond donors (Lipinski definition) is 0. The van der Waals surface area contributed by atoms with Crippen molar-refractivity contribution in [2.24, 2.45) is 5.92 Å². The second-order valence-electron chi connectivity index (χ2n) is 8.35. The Bertz CT molecular complexity index is 884. The van der Waals surface area contributed by atoms with Crippen LogP contribution in [0.1, 0.15) is 39.3 Å². The molecule has 0 bridgehead atoms. The predicted octanol–water partition coefficient (Wildman–Crippen LogP) is 3.74. The van der Waals surface area contributed by atoms with Crippen LogP contribution in [0.5, 0.6) is 0 Å². The van der Waals surface area contributed by atoms with E-state index in [4.69, 9.17) is 0 Å². The van der Waals surface area contributed by atoms with E-state index >= 15 is 0 Å². The molecule has 142 valence electrons. The summed E-state index contributed by atoms with van der Waals surface area (Å²) in [6.45, 7) is 12.7.